The van der Waals surface area contributed by atoms with E-state index < -0.39 is 8.07 Å². The summed E-state index contributed by atoms with van der Waals surface area (Å²) in [7, 11) is -1.85. The molecule has 0 fully saturated rings. The predicted molar refractivity (Wildman–Crippen MR) is 501 cm³/mol. The van der Waals surface area contributed by atoms with Crippen LogP contribution >= 0.6 is 0 Å². The monoisotopic (exact) mass is 1550 g/mol. The van der Waals surface area contributed by atoms with E-state index in [9.17, 15) is 0 Å². The largest absolute Gasteiger partial charge is 0.309 e. The molecule has 0 amide bonds. The van der Waals surface area contributed by atoms with Crippen LogP contribution in [0, 0.1) is 0 Å². The first-order chi connectivity index (χ1) is 59.2. The van der Waals surface area contributed by atoms with Crippen LogP contribution in [0.2, 0.25) is 13.1 Å². The molecule has 0 N–H and O–H groups in total. The molecule has 1 aliphatic heterocycles. The molecule has 120 heavy (non-hydrogen) atoms. The normalized spacial score (nSPS) is 12.2. The Hall–Kier alpha value is -15.6. The van der Waals surface area contributed by atoms with Gasteiger partial charge in [0.05, 0.1) is 44.5 Å². The third-order valence-corrected chi connectivity index (χ3v) is 27.6. The predicted octanol–water partition coefficient (Wildman–Crippen LogP) is 27.1. The topological polar surface area (TPSA) is 79.2 Å². The number of rotatable bonds is 13. The van der Waals surface area contributed by atoms with Crippen molar-refractivity contribution in [1.29, 1.82) is 0 Å². The highest BCUT2D eigenvalue weighted by atomic mass is 28.3. The molecule has 0 saturated heterocycles. The lowest BCUT2D eigenvalue weighted by atomic mass is 9.99. The molecule has 5 aromatic heterocycles. The van der Waals surface area contributed by atoms with Gasteiger partial charge in [-0.1, -0.05) is 341 Å². The van der Waals surface area contributed by atoms with E-state index in [0.717, 1.165) is 84.1 Å². The number of nitrogens with zero attached hydrogens (tertiary/aromatic N) is 8. The highest BCUT2D eigenvalue weighted by Gasteiger charge is 2.39. The van der Waals surface area contributed by atoms with E-state index in [0.29, 0.717) is 23.3 Å². The van der Waals surface area contributed by atoms with Crippen LogP contribution in [0.3, 0.4) is 0 Å². The summed E-state index contributed by atoms with van der Waals surface area (Å²) in [6, 6.07) is 152. The number of benzene rings is 17. The maximum Gasteiger partial charge on any atom is 0.164 e. The molecular formula is C111H76N8Si. The van der Waals surface area contributed by atoms with E-state index in [1.54, 1.807) is 5.19 Å². The molecule has 8 nitrogen and oxygen atoms in total. The van der Waals surface area contributed by atoms with Crippen molar-refractivity contribution in [3.05, 3.63) is 425 Å². The van der Waals surface area contributed by atoms with Gasteiger partial charge in [0.25, 0.3) is 0 Å². The van der Waals surface area contributed by atoms with E-state index in [1.807, 2.05) is 97.1 Å². The fraction of sp³-hybridized carbons (Fsp3) is 0.0180. The highest BCUT2D eigenvalue weighted by Crippen LogP contribution is 2.43. The number of para-hydroxylation sites is 4. The van der Waals surface area contributed by atoms with Crippen molar-refractivity contribution in [2.45, 2.75) is 13.1 Å². The molecule has 0 radical (unpaired) electrons. The van der Waals surface area contributed by atoms with Crippen LogP contribution < -0.4 is 10.4 Å². The van der Waals surface area contributed by atoms with E-state index in [-0.39, 0.29) is 0 Å². The molecule has 564 valence electrons. The summed E-state index contributed by atoms with van der Waals surface area (Å²) in [5.74, 6) is 2.66. The molecule has 22 aromatic rings. The Morgan fingerprint density at radius 2 is 0.508 bits per heavy atom. The highest BCUT2D eigenvalue weighted by molar-refractivity contribution is 7.04. The zero-order valence-electron chi connectivity index (χ0n) is 66.0. The summed E-state index contributed by atoms with van der Waals surface area (Å²) in [5.41, 5.74) is 30.7. The van der Waals surface area contributed by atoms with Gasteiger partial charge < -0.3 is 13.7 Å². The zero-order valence-corrected chi connectivity index (χ0v) is 67.0. The lowest BCUT2D eigenvalue weighted by molar-refractivity contribution is 1.07. The SMILES string of the molecule is C[Si]1(C)c2ccccc2-c2cccc(-c3ccc(-n4c5ccccc5c5cc(-c6cccc(-c7nc(-c8ccccc8)nc(-c8ccccc8)n7)c6)ccc54)cc3)c21.c1ccc(-c2cc(-c3ccccc3)nc(-c3ccc(-c4ccc5c(c4)c4ccccc4n5-c4ccc(-c5ccc6c7ccccc7n(-c7ccccc7)c6c5)cc4)cc3)n2)cc1. The molecule has 9 heteroatoms. The maximum absolute atomic E-state index is 5.05. The van der Waals surface area contributed by atoms with Crippen molar-refractivity contribution in [1.82, 2.24) is 38.6 Å². The molecule has 0 aliphatic carbocycles. The standard InChI is InChI=1S/C58H38N4.C53H38N4Si/c1-4-14-41(15-5-1)52-38-53(42-16-6-2-7-17-42)60-58(59-52)43-26-24-39(25-27-43)44-31-35-56-51(36-44)49-21-11-13-23-55(49)61(56)47-32-28-40(29-33-47)45-30-34-50-48-20-10-12-22-54(48)62(57(50)37-45)46-18-8-3-9-19-46;1-58(2)49-26-12-10-22-44(49)45-24-14-23-42(50(45)58)35-27-30-41(31-28-35)57-47-25-11-9-21-43(47)46-34-39(29-32-48(46)57)38-19-13-20-40(33-38)53-55-51(36-15-5-3-6-16-36)54-52(56-53)37-17-7-4-8-18-37/h1-38H;3-34H,1-2H3. The third kappa shape index (κ3) is 12.6. The van der Waals surface area contributed by atoms with E-state index in [4.69, 9.17) is 24.9 Å². The molecule has 23 rings (SSSR count). The molecule has 0 bridgehead atoms. The van der Waals surface area contributed by atoms with Crippen LogP contribution in [0.4, 0.5) is 0 Å². The van der Waals surface area contributed by atoms with Crippen molar-refractivity contribution in [3.63, 3.8) is 0 Å². The smallest absolute Gasteiger partial charge is 0.164 e. The minimum atomic E-state index is -1.85. The van der Waals surface area contributed by atoms with Gasteiger partial charge in [0.2, 0.25) is 0 Å². The molecule has 1 aliphatic rings. The van der Waals surface area contributed by atoms with Gasteiger partial charge in [0.15, 0.2) is 23.3 Å². The average Bonchev–Trinajstić information content (AvgIpc) is 1.52. The Bertz CT molecular complexity index is 7570. The Morgan fingerprint density at radius 3 is 1.06 bits per heavy atom. The van der Waals surface area contributed by atoms with Crippen LogP contribution in [0.15, 0.2) is 425 Å². The van der Waals surface area contributed by atoms with Crippen molar-refractivity contribution in [2.24, 2.45) is 0 Å². The Morgan fingerprint density at radius 1 is 0.183 bits per heavy atom. The fourth-order valence-electron chi connectivity index (χ4n) is 18.2. The first-order valence-electron chi connectivity index (χ1n) is 40.9. The van der Waals surface area contributed by atoms with Gasteiger partial charge in [-0.3, -0.25) is 0 Å². The van der Waals surface area contributed by atoms with E-state index >= 15 is 0 Å². The minimum Gasteiger partial charge on any atom is -0.309 e. The van der Waals surface area contributed by atoms with Crippen LogP contribution in [-0.4, -0.2) is 46.7 Å². The Labute approximate surface area is 696 Å². The summed E-state index contributed by atoms with van der Waals surface area (Å²) in [4.78, 5) is 25.0. The van der Waals surface area contributed by atoms with Gasteiger partial charge in [-0.15, -0.1) is 0 Å². The fourth-order valence-corrected chi connectivity index (χ4v) is 21.7. The molecule has 0 atom stereocenters. The lowest BCUT2D eigenvalue weighted by Crippen LogP contribution is -2.50. The number of fused-ring (bicyclic) bond motifs is 12. The van der Waals surface area contributed by atoms with Crippen molar-refractivity contribution in [2.75, 3.05) is 0 Å². The van der Waals surface area contributed by atoms with Crippen molar-refractivity contribution < 1.29 is 0 Å². The molecule has 17 aromatic carbocycles. The number of hydrogen-bond acceptors (Lipinski definition) is 5. The van der Waals surface area contributed by atoms with Crippen molar-refractivity contribution >= 4 is 83.9 Å². The summed E-state index contributed by atoms with van der Waals surface area (Å²) in [6.45, 7) is 4.99. The van der Waals surface area contributed by atoms with E-state index in [2.05, 4.69) is 354 Å². The van der Waals surface area contributed by atoms with Gasteiger partial charge in [-0.2, -0.15) is 0 Å². The second-order valence-corrected chi connectivity index (χ2v) is 35.8. The van der Waals surface area contributed by atoms with Crippen LogP contribution in [0.25, 0.3) is 206 Å². The van der Waals surface area contributed by atoms with Gasteiger partial charge in [-0.25, -0.2) is 24.9 Å². The number of aromatic nitrogens is 8. The molecule has 0 spiro atoms. The summed E-state index contributed by atoms with van der Waals surface area (Å²) in [6.07, 6.45) is 0. The average molecular weight is 1550 g/mol. The lowest BCUT2D eigenvalue weighted by Gasteiger charge is -2.22. The van der Waals surface area contributed by atoms with Crippen LogP contribution in [0.5, 0.6) is 0 Å². The first-order valence-corrected chi connectivity index (χ1v) is 43.9. The minimum absolute atomic E-state index is 0.645. The first kappa shape index (κ1) is 71.0. The third-order valence-electron chi connectivity index (χ3n) is 24.0. The quantitative estimate of drug-likeness (QED) is 0.107. The van der Waals surface area contributed by atoms with Crippen molar-refractivity contribution in [3.8, 4) is 141 Å². The van der Waals surface area contributed by atoms with Gasteiger partial charge in [0.1, 0.15) is 8.07 Å². The second-order valence-electron chi connectivity index (χ2n) is 31.5. The molecule has 6 heterocycles. The summed E-state index contributed by atoms with van der Waals surface area (Å²) < 4.78 is 7.17. The Kier molecular flexibility index (Phi) is 17.5. The Balaban J connectivity index is 0.000000144. The van der Waals surface area contributed by atoms with Gasteiger partial charge >= 0.3 is 0 Å². The molecule has 0 saturated carbocycles. The van der Waals surface area contributed by atoms with Gasteiger partial charge in [0, 0.05) is 82.8 Å². The maximum atomic E-state index is 5.05. The van der Waals surface area contributed by atoms with Crippen LogP contribution in [-0.2, 0) is 0 Å². The second kappa shape index (κ2) is 29.6. The van der Waals surface area contributed by atoms with Gasteiger partial charge in [-0.05, 0) is 163 Å². The summed E-state index contributed by atoms with van der Waals surface area (Å²) >= 11 is 0. The molecular weight excluding hydrogens is 1470 g/mol. The summed E-state index contributed by atoms with van der Waals surface area (Å²) in [5, 5.41) is 10.5. The van der Waals surface area contributed by atoms with Crippen LogP contribution in [0.1, 0.15) is 0 Å². The number of hydrogen-bond donors (Lipinski definition) is 0. The zero-order chi connectivity index (χ0) is 79.8. The molecule has 0 unspecified atom stereocenters. The van der Waals surface area contributed by atoms with E-state index in [1.165, 1.54) is 104 Å².